The van der Waals surface area contributed by atoms with Gasteiger partial charge in [0.2, 0.25) is 11.8 Å². The van der Waals surface area contributed by atoms with E-state index in [9.17, 15) is 14.4 Å². The molecule has 6 nitrogen and oxygen atoms in total. The Morgan fingerprint density at radius 3 is 2.76 bits per heavy atom. The Morgan fingerprint density at radius 1 is 1.38 bits per heavy atom. The van der Waals surface area contributed by atoms with Crippen LogP contribution in [0.15, 0.2) is 34.8 Å². The molecule has 1 aliphatic heterocycles. The molecule has 21 heavy (non-hydrogen) atoms. The highest BCUT2D eigenvalue weighted by Gasteiger charge is 2.34. The maximum Gasteiger partial charge on any atom is 0.328 e. The Kier molecular flexibility index (Phi) is 4.74. The van der Waals surface area contributed by atoms with Crippen LogP contribution in [0.25, 0.3) is 6.08 Å². The second kappa shape index (κ2) is 6.53. The lowest BCUT2D eigenvalue weighted by atomic mass is 10.1. The number of hydrogen-bond donors (Lipinski definition) is 2. The standard InChI is InChI=1S/C14H13BrN2O4/c15-10-4-2-1-3-9(10)5-6-13(19)17-8-12(18)16-7-11(17)14(20)21/h1-6,11H,7-8H2,(H,16,18)(H,20,21)/b6-5+. The number of carboxylic acids is 1. The van der Waals surface area contributed by atoms with Gasteiger partial charge in [-0.25, -0.2) is 4.79 Å². The van der Waals surface area contributed by atoms with Crippen LogP contribution in [0.5, 0.6) is 0 Å². The number of carbonyl (C=O) groups is 3. The summed E-state index contributed by atoms with van der Waals surface area (Å²) in [6, 6.07) is 6.27. The highest BCUT2D eigenvalue weighted by Crippen LogP contribution is 2.17. The molecule has 1 fully saturated rings. The summed E-state index contributed by atoms with van der Waals surface area (Å²) >= 11 is 3.35. The number of hydrogen-bond acceptors (Lipinski definition) is 3. The van der Waals surface area contributed by atoms with Gasteiger partial charge in [-0.3, -0.25) is 9.59 Å². The van der Waals surface area contributed by atoms with Gasteiger partial charge in [0.15, 0.2) is 0 Å². The molecule has 1 saturated heterocycles. The first-order valence-electron chi connectivity index (χ1n) is 6.22. The predicted molar refractivity (Wildman–Crippen MR) is 79.3 cm³/mol. The highest BCUT2D eigenvalue weighted by atomic mass is 79.9. The summed E-state index contributed by atoms with van der Waals surface area (Å²) in [5, 5.41) is 11.5. The molecular weight excluding hydrogens is 340 g/mol. The van der Waals surface area contributed by atoms with Crippen LogP contribution in [0.2, 0.25) is 0 Å². The third-order valence-corrected chi connectivity index (χ3v) is 3.78. The smallest absolute Gasteiger partial charge is 0.328 e. The van der Waals surface area contributed by atoms with Crippen LogP contribution in [0, 0.1) is 0 Å². The number of halogens is 1. The number of carbonyl (C=O) groups excluding carboxylic acids is 2. The fourth-order valence-electron chi connectivity index (χ4n) is 1.96. The highest BCUT2D eigenvalue weighted by molar-refractivity contribution is 9.10. The number of amides is 2. The summed E-state index contributed by atoms with van der Waals surface area (Å²) in [5.74, 6) is -2.01. The number of carboxylic acid groups (broad SMARTS) is 1. The molecule has 7 heteroatoms. The van der Waals surface area contributed by atoms with Gasteiger partial charge in [-0.15, -0.1) is 0 Å². The maximum absolute atomic E-state index is 12.1. The lowest BCUT2D eigenvalue weighted by Crippen LogP contribution is -2.59. The summed E-state index contributed by atoms with van der Waals surface area (Å²) in [5.41, 5.74) is 0.791. The molecule has 0 radical (unpaired) electrons. The number of benzene rings is 1. The number of nitrogens with one attached hydrogen (secondary N) is 1. The summed E-state index contributed by atoms with van der Waals surface area (Å²) < 4.78 is 0.820. The molecule has 0 spiro atoms. The fourth-order valence-corrected chi connectivity index (χ4v) is 2.38. The SMILES string of the molecule is O=C1CN(C(=O)/C=C/c2ccccc2Br)C(C(=O)O)CN1. The Bertz CT molecular complexity index is 615. The van der Waals surface area contributed by atoms with Crippen LogP contribution in [-0.4, -0.2) is 46.9 Å². The molecule has 1 aliphatic rings. The van der Waals surface area contributed by atoms with Crippen LogP contribution in [0.3, 0.4) is 0 Å². The van der Waals surface area contributed by atoms with E-state index in [1.165, 1.54) is 6.08 Å². The van der Waals surface area contributed by atoms with Crippen molar-refractivity contribution in [2.24, 2.45) is 0 Å². The van der Waals surface area contributed by atoms with Gasteiger partial charge in [0.05, 0.1) is 0 Å². The lowest BCUT2D eigenvalue weighted by molar-refractivity contribution is -0.152. The molecule has 1 heterocycles. The molecule has 2 N–H and O–H groups in total. The van der Waals surface area contributed by atoms with E-state index in [2.05, 4.69) is 21.2 Å². The molecule has 0 bridgehead atoms. The molecule has 1 atom stereocenters. The molecule has 0 aromatic heterocycles. The molecule has 1 aromatic carbocycles. The van der Waals surface area contributed by atoms with Crippen molar-refractivity contribution >= 4 is 39.8 Å². The van der Waals surface area contributed by atoms with E-state index < -0.39 is 17.9 Å². The van der Waals surface area contributed by atoms with E-state index in [-0.39, 0.29) is 19.0 Å². The Hall–Kier alpha value is -2.15. The first-order chi connectivity index (χ1) is 9.99. The normalized spacial score (nSPS) is 18.6. The third kappa shape index (κ3) is 3.69. The van der Waals surface area contributed by atoms with E-state index in [0.717, 1.165) is 14.9 Å². The Labute approximate surface area is 129 Å². The number of aliphatic carboxylic acids is 1. The quantitative estimate of drug-likeness (QED) is 0.790. The van der Waals surface area contributed by atoms with E-state index in [1.54, 1.807) is 6.08 Å². The molecule has 2 rings (SSSR count). The predicted octanol–water partition coefficient (Wildman–Crippen LogP) is 0.874. The molecule has 1 aromatic rings. The van der Waals surface area contributed by atoms with Gasteiger partial charge in [0.25, 0.3) is 0 Å². The van der Waals surface area contributed by atoms with Crippen molar-refractivity contribution in [2.45, 2.75) is 6.04 Å². The van der Waals surface area contributed by atoms with Crippen molar-refractivity contribution in [3.8, 4) is 0 Å². The van der Waals surface area contributed by atoms with E-state index in [0.29, 0.717) is 0 Å². The van der Waals surface area contributed by atoms with E-state index >= 15 is 0 Å². The average molecular weight is 353 g/mol. The van der Waals surface area contributed by atoms with Gasteiger partial charge in [0, 0.05) is 17.1 Å². The minimum atomic E-state index is -1.14. The molecule has 110 valence electrons. The van der Waals surface area contributed by atoms with E-state index in [4.69, 9.17) is 5.11 Å². The molecule has 1 unspecified atom stereocenters. The first kappa shape index (κ1) is 15.2. The third-order valence-electron chi connectivity index (χ3n) is 3.06. The minimum Gasteiger partial charge on any atom is -0.480 e. The molecule has 2 amide bonds. The van der Waals surface area contributed by atoms with Crippen molar-refractivity contribution < 1.29 is 19.5 Å². The van der Waals surface area contributed by atoms with Crippen molar-refractivity contribution in [3.05, 3.63) is 40.4 Å². The van der Waals surface area contributed by atoms with Crippen molar-refractivity contribution in [2.75, 3.05) is 13.1 Å². The van der Waals surface area contributed by atoms with E-state index in [1.807, 2.05) is 24.3 Å². The monoisotopic (exact) mass is 352 g/mol. The van der Waals surface area contributed by atoms with Gasteiger partial charge in [0.1, 0.15) is 12.6 Å². The van der Waals surface area contributed by atoms with Gasteiger partial charge >= 0.3 is 5.97 Å². The van der Waals surface area contributed by atoms with Crippen LogP contribution >= 0.6 is 15.9 Å². The summed E-state index contributed by atoms with van der Waals surface area (Å²) in [6.45, 7) is -0.334. The van der Waals surface area contributed by atoms with Gasteiger partial charge in [-0.05, 0) is 17.7 Å². The molecule has 0 aliphatic carbocycles. The first-order valence-corrected chi connectivity index (χ1v) is 7.01. The number of piperazine rings is 1. The van der Waals surface area contributed by atoms with Gasteiger partial charge in [-0.2, -0.15) is 0 Å². The van der Waals surface area contributed by atoms with Gasteiger partial charge < -0.3 is 15.3 Å². The zero-order valence-corrected chi connectivity index (χ0v) is 12.5. The Morgan fingerprint density at radius 2 is 2.10 bits per heavy atom. The zero-order chi connectivity index (χ0) is 15.4. The maximum atomic E-state index is 12.1. The Balaban J connectivity index is 2.15. The zero-order valence-electron chi connectivity index (χ0n) is 11.0. The van der Waals surface area contributed by atoms with Crippen molar-refractivity contribution in [3.63, 3.8) is 0 Å². The van der Waals surface area contributed by atoms with Crippen LogP contribution in [0.4, 0.5) is 0 Å². The average Bonchev–Trinajstić information content (AvgIpc) is 2.45. The van der Waals surface area contributed by atoms with Crippen LogP contribution in [0.1, 0.15) is 5.56 Å². The lowest BCUT2D eigenvalue weighted by Gasteiger charge is -2.31. The minimum absolute atomic E-state index is 0.0806. The second-order valence-corrected chi connectivity index (χ2v) is 5.33. The number of nitrogens with zero attached hydrogens (tertiary/aromatic N) is 1. The summed E-state index contributed by atoms with van der Waals surface area (Å²) in [7, 11) is 0. The van der Waals surface area contributed by atoms with Crippen molar-refractivity contribution in [1.82, 2.24) is 10.2 Å². The largest absolute Gasteiger partial charge is 0.480 e. The summed E-state index contributed by atoms with van der Waals surface area (Å²) in [6.07, 6.45) is 2.85. The number of rotatable bonds is 3. The molecule has 0 saturated carbocycles. The van der Waals surface area contributed by atoms with Gasteiger partial charge in [-0.1, -0.05) is 34.1 Å². The second-order valence-electron chi connectivity index (χ2n) is 4.48. The topological polar surface area (TPSA) is 86.7 Å². The van der Waals surface area contributed by atoms with Crippen LogP contribution < -0.4 is 5.32 Å². The molecular formula is C14H13BrN2O4. The van der Waals surface area contributed by atoms with Crippen LogP contribution in [-0.2, 0) is 14.4 Å². The van der Waals surface area contributed by atoms with Crippen molar-refractivity contribution in [1.29, 1.82) is 0 Å². The fraction of sp³-hybridized carbons (Fsp3) is 0.214. The summed E-state index contributed by atoms with van der Waals surface area (Å²) in [4.78, 5) is 35.6.